The molecule has 23 heavy (non-hydrogen) atoms. The van der Waals surface area contributed by atoms with E-state index >= 15 is 0 Å². The van der Waals surface area contributed by atoms with Gasteiger partial charge in [-0.25, -0.2) is 8.42 Å². The van der Waals surface area contributed by atoms with Crippen LogP contribution in [0.15, 0.2) is 59.5 Å². The molecule has 0 N–H and O–H groups in total. The third-order valence-corrected chi connectivity index (χ3v) is 5.71. The molecule has 3 rings (SSSR count). The molecular weight excluding hydrogens is 312 g/mol. The summed E-state index contributed by atoms with van der Waals surface area (Å²) in [5.41, 5.74) is 1.78. The first-order valence-electron chi connectivity index (χ1n) is 7.20. The second kappa shape index (κ2) is 6.13. The second-order valence-electron chi connectivity index (χ2n) is 5.39. The summed E-state index contributed by atoms with van der Waals surface area (Å²) in [5, 5.41) is 9.27. The molecule has 1 heterocycles. The van der Waals surface area contributed by atoms with Gasteiger partial charge in [-0.05, 0) is 24.6 Å². The third kappa shape index (κ3) is 2.86. The summed E-state index contributed by atoms with van der Waals surface area (Å²) in [5.74, 6) is 0. The number of benzene rings is 2. The van der Waals surface area contributed by atoms with E-state index in [-0.39, 0.29) is 11.5 Å². The lowest BCUT2D eigenvalue weighted by Crippen LogP contribution is -2.37. The molecule has 0 bridgehead atoms. The number of nitrogens with zero attached hydrogens (tertiary/aromatic N) is 2. The highest BCUT2D eigenvalue weighted by Crippen LogP contribution is 2.35. The lowest BCUT2D eigenvalue weighted by atomic mass is 10.1. The number of hydrogen-bond donors (Lipinski definition) is 0. The number of hydrogen-bond acceptors (Lipinski definition) is 4. The molecule has 0 aromatic heterocycles. The Labute approximate surface area is 135 Å². The van der Waals surface area contributed by atoms with Gasteiger partial charge in [0.1, 0.15) is 6.07 Å². The lowest BCUT2D eigenvalue weighted by Gasteiger charge is -2.24. The van der Waals surface area contributed by atoms with Gasteiger partial charge in [0.15, 0.2) is 0 Å². The van der Waals surface area contributed by atoms with Crippen molar-refractivity contribution in [2.75, 3.05) is 6.61 Å². The minimum absolute atomic E-state index is 0.160. The van der Waals surface area contributed by atoms with Crippen LogP contribution in [0.4, 0.5) is 0 Å². The van der Waals surface area contributed by atoms with E-state index in [1.54, 1.807) is 24.3 Å². The average Bonchev–Trinajstić information content (AvgIpc) is 3.01. The smallest absolute Gasteiger partial charge is 0.246 e. The van der Waals surface area contributed by atoms with Crippen LogP contribution in [0.25, 0.3) is 0 Å². The zero-order valence-electron chi connectivity index (χ0n) is 12.6. The quantitative estimate of drug-likeness (QED) is 0.868. The Kier molecular flexibility index (Phi) is 4.18. The Morgan fingerprint density at radius 2 is 1.78 bits per heavy atom. The monoisotopic (exact) mass is 328 g/mol. The Morgan fingerprint density at radius 1 is 1.13 bits per heavy atom. The summed E-state index contributed by atoms with van der Waals surface area (Å²) >= 11 is 0. The van der Waals surface area contributed by atoms with Crippen molar-refractivity contribution < 1.29 is 13.2 Å². The third-order valence-electron chi connectivity index (χ3n) is 3.84. The fraction of sp³-hybridized carbons (Fsp3) is 0.235. The van der Waals surface area contributed by atoms with Gasteiger partial charge in [0, 0.05) is 0 Å². The summed E-state index contributed by atoms with van der Waals surface area (Å²) in [4.78, 5) is 0.162. The molecule has 1 fully saturated rings. The first-order chi connectivity index (χ1) is 11.0. The van der Waals surface area contributed by atoms with Crippen LogP contribution < -0.4 is 0 Å². The molecule has 1 aliphatic heterocycles. The summed E-state index contributed by atoms with van der Waals surface area (Å²) < 4.78 is 32.5. The molecule has 2 atom stereocenters. The molecular formula is C17H16N2O3S. The van der Waals surface area contributed by atoms with Gasteiger partial charge in [0.05, 0.1) is 17.5 Å². The van der Waals surface area contributed by atoms with Gasteiger partial charge in [0.2, 0.25) is 16.3 Å². The van der Waals surface area contributed by atoms with E-state index in [0.717, 1.165) is 15.4 Å². The van der Waals surface area contributed by atoms with Crippen molar-refractivity contribution in [3.05, 3.63) is 65.7 Å². The van der Waals surface area contributed by atoms with Gasteiger partial charge < -0.3 is 4.74 Å². The first-order valence-corrected chi connectivity index (χ1v) is 8.64. The Hall–Kier alpha value is -2.20. The SMILES string of the molecule is Cc1ccc(S(=O)(=O)N2[C@H](C#N)OC[C@H]2c2ccccc2)cc1. The molecule has 118 valence electrons. The molecule has 6 heteroatoms. The van der Waals surface area contributed by atoms with E-state index in [2.05, 4.69) is 0 Å². The molecule has 0 spiro atoms. The first kappa shape index (κ1) is 15.7. The predicted molar refractivity (Wildman–Crippen MR) is 84.7 cm³/mol. The summed E-state index contributed by atoms with van der Waals surface area (Å²) in [7, 11) is -3.83. The summed E-state index contributed by atoms with van der Waals surface area (Å²) in [6.07, 6.45) is -1.12. The van der Waals surface area contributed by atoms with Gasteiger partial charge in [0.25, 0.3) is 0 Å². The van der Waals surface area contributed by atoms with Gasteiger partial charge >= 0.3 is 0 Å². The van der Waals surface area contributed by atoms with Crippen molar-refractivity contribution in [3.63, 3.8) is 0 Å². The van der Waals surface area contributed by atoms with Crippen molar-refractivity contribution in [1.29, 1.82) is 5.26 Å². The van der Waals surface area contributed by atoms with Crippen LogP contribution in [0, 0.1) is 18.3 Å². The molecule has 2 aromatic rings. The van der Waals surface area contributed by atoms with E-state index < -0.39 is 22.3 Å². The summed E-state index contributed by atoms with van der Waals surface area (Å²) in [6.45, 7) is 2.05. The van der Waals surface area contributed by atoms with E-state index in [1.807, 2.05) is 43.3 Å². The van der Waals surface area contributed by atoms with Crippen LogP contribution in [0.5, 0.6) is 0 Å². The van der Waals surface area contributed by atoms with Crippen LogP contribution in [-0.2, 0) is 14.8 Å². The summed E-state index contributed by atoms with van der Waals surface area (Å²) in [6, 6.07) is 17.2. The zero-order valence-corrected chi connectivity index (χ0v) is 13.4. The Balaban J connectivity index is 2.05. The van der Waals surface area contributed by atoms with Crippen LogP contribution in [0.3, 0.4) is 0 Å². The molecule has 0 aliphatic carbocycles. The van der Waals surface area contributed by atoms with Gasteiger partial charge in [-0.2, -0.15) is 5.26 Å². The van der Waals surface area contributed by atoms with Crippen LogP contribution in [0.2, 0.25) is 0 Å². The van der Waals surface area contributed by atoms with Crippen LogP contribution >= 0.6 is 0 Å². The van der Waals surface area contributed by atoms with Crippen molar-refractivity contribution in [3.8, 4) is 6.07 Å². The van der Waals surface area contributed by atoms with Gasteiger partial charge in [-0.1, -0.05) is 48.0 Å². The van der Waals surface area contributed by atoms with Crippen molar-refractivity contribution >= 4 is 10.0 Å². The average molecular weight is 328 g/mol. The highest BCUT2D eigenvalue weighted by Gasteiger charge is 2.44. The van der Waals surface area contributed by atoms with Crippen LogP contribution in [0.1, 0.15) is 17.2 Å². The fourth-order valence-corrected chi connectivity index (χ4v) is 4.23. The number of nitriles is 1. The van der Waals surface area contributed by atoms with E-state index in [1.165, 1.54) is 0 Å². The van der Waals surface area contributed by atoms with E-state index in [0.29, 0.717) is 0 Å². The molecule has 1 saturated heterocycles. The normalized spacial score (nSPS) is 21.9. The molecule has 0 saturated carbocycles. The maximum absolute atomic E-state index is 13.0. The molecule has 1 aliphatic rings. The van der Waals surface area contributed by atoms with Crippen molar-refractivity contribution in [2.24, 2.45) is 0 Å². The Bertz CT molecular complexity index is 826. The minimum atomic E-state index is -3.83. The molecule has 0 radical (unpaired) electrons. The zero-order chi connectivity index (χ0) is 16.4. The van der Waals surface area contributed by atoms with Gasteiger partial charge in [-0.3, -0.25) is 0 Å². The largest absolute Gasteiger partial charge is 0.347 e. The second-order valence-corrected chi connectivity index (χ2v) is 7.23. The standard InChI is InChI=1S/C17H16N2O3S/c1-13-7-9-15(10-8-13)23(20,21)19-16(12-22-17(19)11-18)14-5-3-2-4-6-14/h2-10,16-17H,12H2,1H3/t16-,17-/m0/s1. The lowest BCUT2D eigenvalue weighted by molar-refractivity contribution is 0.114. The van der Waals surface area contributed by atoms with Gasteiger partial charge in [-0.15, -0.1) is 4.31 Å². The minimum Gasteiger partial charge on any atom is -0.347 e. The number of rotatable bonds is 3. The van der Waals surface area contributed by atoms with Crippen molar-refractivity contribution in [1.82, 2.24) is 4.31 Å². The maximum Gasteiger partial charge on any atom is 0.246 e. The topological polar surface area (TPSA) is 70.4 Å². The molecule has 5 nitrogen and oxygen atoms in total. The van der Waals surface area contributed by atoms with E-state index in [9.17, 15) is 13.7 Å². The number of sulfonamides is 1. The molecule has 0 amide bonds. The molecule has 0 unspecified atom stereocenters. The maximum atomic E-state index is 13.0. The number of aryl methyl sites for hydroxylation is 1. The van der Waals surface area contributed by atoms with Crippen molar-refractivity contribution in [2.45, 2.75) is 24.1 Å². The highest BCUT2D eigenvalue weighted by molar-refractivity contribution is 7.89. The van der Waals surface area contributed by atoms with E-state index in [4.69, 9.17) is 4.74 Å². The molecule has 2 aromatic carbocycles. The fourth-order valence-electron chi connectivity index (χ4n) is 2.63. The highest BCUT2D eigenvalue weighted by atomic mass is 32.2. The number of ether oxygens (including phenoxy) is 1. The van der Waals surface area contributed by atoms with Crippen LogP contribution in [-0.4, -0.2) is 25.6 Å². The predicted octanol–water partition coefficient (Wildman–Crippen LogP) is 2.61. The Morgan fingerprint density at radius 3 is 2.39 bits per heavy atom.